The lowest BCUT2D eigenvalue weighted by Gasteiger charge is -2.43. The van der Waals surface area contributed by atoms with Crippen LogP contribution in [0.25, 0.3) is 0 Å². The van der Waals surface area contributed by atoms with E-state index in [0.717, 1.165) is 29.8 Å². The van der Waals surface area contributed by atoms with E-state index in [0.29, 0.717) is 0 Å². The Morgan fingerprint density at radius 2 is 1.89 bits per heavy atom. The SMILES string of the molecule is CCC1C2CC3CCN2C3C[C@H]1c1ccc(C)cc1. The molecule has 4 bridgehead atoms. The molecule has 102 valence electrons. The monoisotopic (exact) mass is 255 g/mol. The van der Waals surface area contributed by atoms with Gasteiger partial charge >= 0.3 is 0 Å². The second-order valence-corrected chi connectivity index (χ2v) is 6.98. The Balaban J connectivity index is 1.67. The fourth-order valence-corrected chi connectivity index (χ4v) is 5.28. The van der Waals surface area contributed by atoms with Gasteiger partial charge in [-0.05, 0) is 56.0 Å². The third-order valence-electron chi connectivity index (χ3n) is 6.18. The lowest BCUT2D eigenvalue weighted by molar-refractivity contribution is 0.0871. The smallest absolute Gasteiger partial charge is 0.0135 e. The topological polar surface area (TPSA) is 3.24 Å². The number of hydrogen-bond donors (Lipinski definition) is 0. The fraction of sp³-hybridized carbons (Fsp3) is 0.667. The zero-order chi connectivity index (χ0) is 13.0. The largest absolute Gasteiger partial charge is 0.297 e. The van der Waals surface area contributed by atoms with Crippen molar-refractivity contribution >= 4 is 0 Å². The zero-order valence-electron chi connectivity index (χ0n) is 12.2. The van der Waals surface area contributed by atoms with Gasteiger partial charge in [-0.25, -0.2) is 0 Å². The van der Waals surface area contributed by atoms with Gasteiger partial charge in [0.2, 0.25) is 0 Å². The highest BCUT2D eigenvalue weighted by molar-refractivity contribution is 5.28. The van der Waals surface area contributed by atoms with Crippen LogP contribution in [0.15, 0.2) is 24.3 Å². The molecule has 4 rings (SSSR count). The van der Waals surface area contributed by atoms with Crippen LogP contribution in [0, 0.1) is 18.8 Å². The van der Waals surface area contributed by atoms with E-state index in [9.17, 15) is 0 Å². The van der Waals surface area contributed by atoms with Gasteiger partial charge in [-0.3, -0.25) is 4.90 Å². The molecule has 0 aliphatic carbocycles. The average molecular weight is 255 g/mol. The molecule has 0 spiro atoms. The first-order chi connectivity index (χ1) is 9.28. The van der Waals surface area contributed by atoms with Crippen molar-refractivity contribution in [3.05, 3.63) is 35.4 Å². The van der Waals surface area contributed by atoms with Crippen LogP contribution in [0.5, 0.6) is 0 Å². The van der Waals surface area contributed by atoms with Gasteiger partial charge in [0.05, 0.1) is 0 Å². The van der Waals surface area contributed by atoms with Gasteiger partial charge in [-0.15, -0.1) is 0 Å². The molecule has 5 unspecified atom stereocenters. The molecule has 3 aliphatic rings. The summed E-state index contributed by atoms with van der Waals surface area (Å²) in [7, 11) is 0. The second-order valence-electron chi connectivity index (χ2n) is 6.98. The molecule has 1 aromatic carbocycles. The fourth-order valence-electron chi connectivity index (χ4n) is 5.28. The molecular formula is C18H25N. The second kappa shape index (κ2) is 4.34. The summed E-state index contributed by atoms with van der Waals surface area (Å²) in [6.45, 7) is 5.98. The maximum atomic E-state index is 2.86. The summed E-state index contributed by atoms with van der Waals surface area (Å²) in [4.78, 5) is 2.86. The first kappa shape index (κ1) is 12.0. The van der Waals surface area contributed by atoms with Crippen LogP contribution in [-0.2, 0) is 0 Å². The van der Waals surface area contributed by atoms with Crippen LogP contribution in [0.4, 0.5) is 0 Å². The molecular weight excluding hydrogens is 230 g/mol. The minimum absolute atomic E-state index is 0.819. The Morgan fingerprint density at radius 1 is 1.11 bits per heavy atom. The van der Waals surface area contributed by atoms with Crippen molar-refractivity contribution in [1.82, 2.24) is 4.90 Å². The van der Waals surface area contributed by atoms with Crippen molar-refractivity contribution in [3.63, 3.8) is 0 Å². The maximum Gasteiger partial charge on any atom is 0.0135 e. The molecule has 0 N–H and O–H groups in total. The third kappa shape index (κ3) is 1.71. The molecule has 1 aromatic rings. The molecule has 3 fully saturated rings. The van der Waals surface area contributed by atoms with Crippen molar-refractivity contribution in [2.45, 2.75) is 57.5 Å². The number of piperidine rings is 2. The van der Waals surface area contributed by atoms with E-state index in [4.69, 9.17) is 0 Å². The van der Waals surface area contributed by atoms with Crippen LogP contribution in [0.1, 0.15) is 49.7 Å². The number of nitrogens with zero attached hydrogens (tertiary/aromatic N) is 1. The van der Waals surface area contributed by atoms with Gasteiger partial charge in [0.1, 0.15) is 0 Å². The van der Waals surface area contributed by atoms with Gasteiger partial charge in [-0.1, -0.05) is 43.2 Å². The van der Waals surface area contributed by atoms with Gasteiger partial charge in [0.25, 0.3) is 0 Å². The summed E-state index contributed by atoms with van der Waals surface area (Å²) in [5, 5.41) is 0. The van der Waals surface area contributed by atoms with Crippen LogP contribution < -0.4 is 0 Å². The molecule has 3 heterocycles. The van der Waals surface area contributed by atoms with Gasteiger partial charge in [-0.2, -0.15) is 0 Å². The van der Waals surface area contributed by atoms with E-state index >= 15 is 0 Å². The van der Waals surface area contributed by atoms with E-state index in [1.54, 1.807) is 5.56 Å². The summed E-state index contributed by atoms with van der Waals surface area (Å²) in [5.41, 5.74) is 2.99. The van der Waals surface area contributed by atoms with Crippen molar-refractivity contribution in [3.8, 4) is 0 Å². The van der Waals surface area contributed by atoms with Crippen LogP contribution in [0.3, 0.4) is 0 Å². The van der Waals surface area contributed by atoms with Crippen LogP contribution in [-0.4, -0.2) is 23.5 Å². The summed E-state index contributed by atoms with van der Waals surface area (Å²) in [6, 6.07) is 11.2. The molecule has 3 saturated heterocycles. The van der Waals surface area contributed by atoms with Gasteiger partial charge < -0.3 is 0 Å². The lowest BCUT2D eigenvalue weighted by Crippen LogP contribution is -2.46. The van der Waals surface area contributed by atoms with Crippen molar-refractivity contribution in [2.24, 2.45) is 11.8 Å². The predicted octanol–water partition coefficient (Wildman–Crippen LogP) is 3.97. The van der Waals surface area contributed by atoms with E-state index < -0.39 is 0 Å². The maximum absolute atomic E-state index is 2.86. The van der Waals surface area contributed by atoms with E-state index in [1.165, 1.54) is 37.8 Å². The highest BCUT2D eigenvalue weighted by atomic mass is 15.3. The molecule has 19 heavy (non-hydrogen) atoms. The van der Waals surface area contributed by atoms with Crippen LogP contribution >= 0.6 is 0 Å². The van der Waals surface area contributed by atoms with E-state index in [2.05, 4.69) is 43.0 Å². The molecule has 0 saturated carbocycles. The summed E-state index contributed by atoms with van der Waals surface area (Å²) in [5.74, 6) is 2.73. The molecule has 0 amide bonds. The first-order valence-electron chi connectivity index (χ1n) is 8.10. The summed E-state index contributed by atoms with van der Waals surface area (Å²) in [6.07, 6.45) is 5.73. The molecule has 1 nitrogen and oxygen atoms in total. The van der Waals surface area contributed by atoms with Crippen LogP contribution in [0.2, 0.25) is 0 Å². The average Bonchev–Trinajstić information content (AvgIpc) is 2.93. The molecule has 1 heteroatoms. The standard InChI is InChI=1S/C18H25N/c1-3-15-16(13-6-4-12(2)5-7-13)11-17-14-8-9-19(17)18(15)10-14/h4-7,14-18H,3,8-11H2,1-2H3/t14?,15?,16-,17?,18?/m0/s1. The van der Waals surface area contributed by atoms with Crippen molar-refractivity contribution < 1.29 is 0 Å². The van der Waals surface area contributed by atoms with Gasteiger partial charge in [0, 0.05) is 12.1 Å². The predicted molar refractivity (Wildman–Crippen MR) is 79.3 cm³/mol. The first-order valence-corrected chi connectivity index (χ1v) is 8.10. The Bertz CT molecular complexity index is 463. The molecule has 0 aromatic heterocycles. The Labute approximate surface area is 117 Å². The Kier molecular flexibility index (Phi) is 2.73. The number of benzene rings is 1. The Hall–Kier alpha value is -0.820. The minimum atomic E-state index is 0.819. The Morgan fingerprint density at radius 3 is 2.63 bits per heavy atom. The molecule has 6 atom stereocenters. The van der Waals surface area contributed by atoms with Crippen molar-refractivity contribution in [2.75, 3.05) is 6.54 Å². The highest BCUT2D eigenvalue weighted by Gasteiger charge is 2.54. The highest BCUT2D eigenvalue weighted by Crippen LogP contribution is 2.54. The van der Waals surface area contributed by atoms with Crippen molar-refractivity contribution in [1.29, 1.82) is 0 Å². The summed E-state index contributed by atoms with van der Waals surface area (Å²) < 4.78 is 0. The lowest BCUT2D eigenvalue weighted by atomic mass is 9.75. The number of rotatable bonds is 2. The zero-order valence-corrected chi connectivity index (χ0v) is 12.2. The molecule has 0 radical (unpaired) electrons. The van der Waals surface area contributed by atoms with E-state index in [1.807, 2.05) is 0 Å². The van der Waals surface area contributed by atoms with Gasteiger partial charge in [0.15, 0.2) is 0 Å². The quantitative estimate of drug-likeness (QED) is 0.773. The number of hydrogen-bond acceptors (Lipinski definition) is 1. The van der Waals surface area contributed by atoms with E-state index in [-0.39, 0.29) is 0 Å². The normalized spacial score (nSPS) is 43.7. The molecule has 3 aliphatic heterocycles. The third-order valence-corrected chi connectivity index (χ3v) is 6.18. The number of aryl methyl sites for hydroxylation is 1. The summed E-state index contributed by atoms with van der Waals surface area (Å²) >= 11 is 0. The minimum Gasteiger partial charge on any atom is -0.297 e.